The Hall–Kier alpha value is -1.64. The first-order valence-electron chi connectivity index (χ1n) is 7.11. The monoisotopic (exact) mass is 258 g/mol. The van der Waals surface area contributed by atoms with Gasteiger partial charge in [-0.15, -0.1) is 0 Å². The second kappa shape index (κ2) is 5.55. The second-order valence-corrected chi connectivity index (χ2v) is 5.41. The Morgan fingerprint density at radius 1 is 1.05 bits per heavy atom. The summed E-state index contributed by atoms with van der Waals surface area (Å²) in [6.07, 6.45) is 8.52. The summed E-state index contributed by atoms with van der Waals surface area (Å²) < 4.78 is 15.1. The molecule has 1 aliphatic carbocycles. The van der Waals surface area contributed by atoms with Gasteiger partial charge < -0.3 is 0 Å². The fraction of sp³-hybridized carbons (Fsp3) is 0.438. The molecule has 1 aromatic carbocycles. The van der Waals surface area contributed by atoms with E-state index in [2.05, 4.69) is 9.78 Å². The maximum absolute atomic E-state index is 13.0. The Morgan fingerprint density at radius 3 is 2.53 bits per heavy atom. The van der Waals surface area contributed by atoms with E-state index in [1.54, 1.807) is 0 Å². The summed E-state index contributed by atoms with van der Waals surface area (Å²) in [5, 5.41) is 4.43. The van der Waals surface area contributed by atoms with Crippen LogP contribution in [0.2, 0.25) is 0 Å². The third kappa shape index (κ3) is 2.86. The van der Waals surface area contributed by atoms with Gasteiger partial charge in [0.2, 0.25) is 0 Å². The molecule has 0 unspecified atom stereocenters. The lowest BCUT2D eigenvalue weighted by Crippen LogP contribution is -2.15. The van der Waals surface area contributed by atoms with E-state index in [9.17, 15) is 4.39 Å². The molecule has 0 radical (unpaired) electrons. The van der Waals surface area contributed by atoms with Crippen LogP contribution in [0.1, 0.15) is 32.1 Å². The molecule has 19 heavy (non-hydrogen) atoms. The summed E-state index contributed by atoms with van der Waals surface area (Å²) in [6, 6.07) is 8.67. The van der Waals surface area contributed by atoms with Gasteiger partial charge in [-0.3, -0.25) is 4.68 Å². The number of hydrogen-bond acceptors (Lipinski definition) is 1. The molecule has 0 atom stereocenters. The Morgan fingerprint density at radius 2 is 1.79 bits per heavy atom. The number of rotatable bonds is 3. The number of benzene rings is 1. The minimum absolute atomic E-state index is 0.193. The van der Waals surface area contributed by atoms with Crippen molar-refractivity contribution in [3.63, 3.8) is 0 Å². The lowest BCUT2D eigenvalue weighted by atomic mass is 9.89. The van der Waals surface area contributed by atoms with E-state index in [-0.39, 0.29) is 5.82 Å². The normalized spacial score (nSPS) is 16.7. The summed E-state index contributed by atoms with van der Waals surface area (Å²) >= 11 is 0. The van der Waals surface area contributed by atoms with E-state index in [0.29, 0.717) is 0 Å². The molecule has 2 aromatic rings. The van der Waals surface area contributed by atoms with Gasteiger partial charge in [0.05, 0.1) is 5.69 Å². The topological polar surface area (TPSA) is 17.8 Å². The van der Waals surface area contributed by atoms with Crippen LogP contribution in [0.25, 0.3) is 11.3 Å². The highest BCUT2D eigenvalue weighted by atomic mass is 19.1. The van der Waals surface area contributed by atoms with Gasteiger partial charge >= 0.3 is 0 Å². The predicted octanol–water partition coefficient (Wildman–Crippen LogP) is 4.27. The lowest BCUT2D eigenvalue weighted by Gasteiger charge is -2.22. The van der Waals surface area contributed by atoms with Gasteiger partial charge in [-0.25, -0.2) is 4.39 Å². The third-order valence-corrected chi connectivity index (χ3v) is 4.01. The van der Waals surface area contributed by atoms with Gasteiger partial charge in [0, 0.05) is 12.7 Å². The molecule has 0 saturated heterocycles. The standard InChI is InChI=1S/C16H19FN2/c17-15-8-6-14(7-9-15)16-10-11-18-19(16)12-13-4-2-1-3-5-13/h6-11,13H,1-5,12H2. The molecule has 0 spiro atoms. The van der Waals surface area contributed by atoms with Gasteiger partial charge in [-0.1, -0.05) is 19.3 Å². The van der Waals surface area contributed by atoms with Crippen LogP contribution in [0.5, 0.6) is 0 Å². The average Bonchev–Trinajstić information content (AvgIpc) is 2.89. The van der Waals surface area contributed by atoms with E-state index in [1.807, 2.05) is 24.4 Å². The molecule has 0 N–H and O–H groups in total. The minimum Gasteiger partial charge on any atom is -0.265 e. The first-order chi connectivity index (χ1) is 9.33. The Kier molecular flexibility index (Phi) is 3.62. The molecule has 1 heterocycles. The largest absolute Gasteiger partial charge is 0.265 e. The van der Waals surface area contributed by atoms with Gasteiger partial charge in [-0.05, 0) is 54.7 Å². The third-order valence-electron chi connectivity index (χ3n) is 4.01. The first kappa shape index (κ1) is 12.4. The summed E-state index contributed by atoms with van der Waals surface area (Å²) in [7, 11) is 0. The molecular weight excluding hydrogens is 239 g/mol. The van der Waals surface area contributed by atoms with Crippen molar-refractivity contribution in [2.75, 3.05) is 0 Å². The maximum Gasteiger partial charge on any atom is 0.123 e. The Balaban J connectivity index is 1.79. The molecule has 3 heteroatoms. The van der Waals surface area contributed by atoms with Gasteiger partial charge in [0.25, 0.3) is 0 Å². The van der Waals surface area contributed by atoms with Crippen LogP contribution < -0.4 is 0 Å². The molecule has 3 rings (SSSR count). The predicted molar refractivity (Wildman–Crippen MR) is 74.2 cm³/mol. The van der Waals surface area contributed by atoms with Crippen LogP contribution in [0, 0.1) is 11.7 Å². The molecule has 1 fully saturated rings. The van der Waals surface area contributed by atoms with Crippen molar-refractivity contribution in [3.8, 4) is 11.3 Å². The highest BCUT2D eigenvalue weighted by Crippen LogP contribution is 2.27. The van der Waals surface area contributed by atoms with Crippen molar-refractivity contribution in [2.45, 2.75) is 38.6 Å². The number of aromatic nitrogens is 2. The number of halogens is 1. The van der Waals surface area contributed by atoms with Crippen molar-refractivity contribution >= 4 is 0 Å². The van der Waals surface area contributed by atoms with E-state index in [4.69, 9.17) is 0 Å². The van der Waals surface area contributed by atoms with Crippen molar-refractivity contribution in [2.24, 2.45) is 5.92 Å². The lowest BCUT2D eigenvalue weighted by molar-refractivity contribution is 0.309. The van der Waals surface area contributed by atoms with E-state index in [1.165, 1.54) is 44.2 Å². The molecule has 100 valence electrons. The SMILES string of the molecule is Fc1ccc(-c2ccnn2CC2CCCCC2)cc1. The zero-order valence-electron chi connectivity index (χ0n) is 11.1. The fourth-order valence-electron chi connectivity index (χ4n) is 2.96. The molecule has 0 amide bonds. The van der Waals surface area contributed by atoms with Gasteiger partial charge in [-0.2, -0.15) is 5.10 Å². The molecule has 1 aliphatic rings. The Bertz CT molecular complexity index is 524. The highest BCUT2D eigenvalue weighted by molar-refractivity contribution is 5.58. The highest BCUT2D eigenvalue weighted by Gasteiger charge is 2.16. The molecule has 2 nitrogen and oxygen atoms in total. The summed E-state index contributed by atoms with van der Waals surface area (Å²) in [4.78, 5) is 0. The van der Waals surface area contributed by atoms with Crippen LogP contribution in [0.15, 0.2) is 36.5 Å². The van der Waals surface area contributed by atoms with Crippen molar-refractivity contribution in [1.82, 2.24) is 9.78 Å². The average molecular weight is 258 g/mol. The maximum atomic E-state index is 13.0. The van der Waals surface area contributed by atoms with E-state index in [0.717, 1.165) is 23.7 Å². The zero-order chi connectivity index (χ0) is 13.1. The van der Waals surface area contributed by atoms with Crippen molar-refractivity contribution in [1.29, 1.82) is 0 Å². The molecule has 1 aromatic heterocycles. The Labute approximate surface area is 113 Å². The van der Waals surface area contributed by atoms with Crippen LogP contribution in [-0.2, 0) is 6.54 Å². The fourth-order valence-corrected chi connectivity index (χ4v) is 2.96. The minimum atomic E-state index is -0.193. The molecule has 1 saturated carbocycles. The van der Waals surface area contributed by atoms with Crippen molar-refractivity contribution < 1.29 is 4.39 Å². The number of nitrogens with zero attached hydrogens (tertiary/aromatic N) is 2. The van der Waals surface area contributed by atoms with Crippen LogP contribution in [0.3, 0.4) is 0 Å². The van der Waals surface area contributed by atoms with Crippen LogP contribution in [-0.4, -0.2) is 9.78 Å². The van der Waals surface area contributed by atoms with Crippen LogP contribution in [0.4, 0.5) is 4.39 Å². The van der Waals surface area contributed by atoms with E-state index < -0.39 is 0 Å². The summed E-state index contributed by atoms with van der Waals surface area (Å²) in [6.45, 7) is 0.986. The molecule has 0 bridgehead atoms. The molecular formula is C16H19FN2. The quantitative estimate of drug-likeness (QED) is 0.804. The summed E-state index contributed by atoms with van der Waals surface area (Å²) in [5.74, 6) is 0.551. The van der Waals surface area contributed by atoms with Crippen molar-refractivity contribution in [3.05, 3.63) is 42.3 Å². The van der Waals surface area contributed by atoms with Gasteiger partial charge in [0.15, 0.2) is 0 Å². The molecule has 0 aliphatic heterocycles. The van der Waals surface area contributed by atoms with E-state index >= 15 is 0 Å². The van der Waals surface area contributed by atoms with Crippen LogP contribution >= 0.6 is 0 Å². The number of hydrogen-bond donors (Lipinski definition) is 0. The first-order valence-corrected chi connectivity index (χ1v) is 7.11. The zero-order valence-corrected chi connectivity index (χ0v) is 11.1. The summed E-state index contributed by atoms with van der Waals surface area (Å²) in [5.41, 5.74) is 2.13. The van der Waals surface area contributed by atoms with Gasteiger partial charge in [0.1, 0.15) is 5.82 Å². The second-order valence-electron chi connectivity index (χ2n) is 5.41. The smallest absolute Gasteiger partial charge is 0.123 e.